The Bertz CT molecular complexity index is 620. The number of allylic oxidation sites excluding steroid dienone is 6. The van der Waals surface area contributed by atoms with Gasteiger partial charge in [0.05, 0.1) is 0 Å². The summed E-state index contributed by atoms with van der Waals surface area (Å²) >= 11 is 0. The number of unbranched alkanes of at least 4 members (excludes halogenated alkanes) is 6. The number of hydrogen-bond donors (Lipinski definition) is 0. The van der Waals surface area contributed by atoms with Gasteiger partial charge in [-0.1, -0.05) is 200 Å². The van der Waals surface area contributed by atoms with E-state index in [1.165, 1.54) is 80.9 Å². The van der Waals surface area contributed by atoms with Gasteiger partial charge in [-0.2, -0.15) is 0 Å². The molecule has 0 aromatic carbocycles. The van der Waals surface area contributed by atoms with Crippen molar-refractivity contribution >= 4 is 0 Å². The highest BCUT2D eigenvalue weighted by molar-refractivity contribution is 5.33. The van der Waals surface area contributed by atoms with Crippen LogP contribution in [0.15, 0.2) is 48.1 Å². The van der Waals surface area contributed by atoms with E-state index in [0.717, 1.165) is 0 Å². The Balaban J connectivity index is -0.000000168. The summed E-state index contributed by atoms with van der Waals surface area (Å²) in [6.07, 6.45) is 19.6. The maximum absolute atomic E-state index is 4.35. The summed E-state index contributed by atoms with van der Waals surface area (Å²) in [6, 6.07) is 0. The van der Waals surface area contributed by atoms with E-state index in [1.54, 1.807) is 0 Å². The number of rotatable bonds is 13. The highest BCUT2D eigenvalue weighted by Gasteiger charge is 2.23. The molecule has 0 saturated carbocycles. The van der Waals surface area contributed by atoms with E-state index < -0.39 is 0 Å². The third-order valence-corrected chi connectivity index (χ3v) is 5.75. The van der Waals surface area contributed by atoms with Crippen molar-refractivity contribution in [2.24, 2.45) is 21.7 Å². The monoisotopic (exact) mass is 577 g/mol. The Morgan fingerprint density at radius 1 is 0.585 bits per heavy atom. The summed E-state index contributed by atoms with van der Waals surface area (Å²) in [6.45, 7) is 49.6. The molecule has 248 valence electrons. The SMILES string of the molecule is C=C(CCCCCCCCC)/C(=C/C)C(C)(C)CCC.C=C/C(=C/C)C(C)(C)C.CC.CC(C)(C)C.CC(C)(C)C. The molecule has 41 heavy (non-hydrogen) atoms. The molecule has 0 heteroatoms. The van der Waals surface area contributed by atoms with Crippen molar-refractivity contribution in [3.05, 3.63) is 48.1 Å². The minimum Gasteiger partial charge on any atom is -0.0988 e. The summed E-state index contributed by atoms with van der Waals surface area (Å²) in [4.78, 5) is 0. The van der Waals surface area contributed by atoms with Gasteiger partial charge in [-0.3, -0.25) is 0 Å². The van der Waals surface area contributed by atoms with Crippen LogP contribution in [0, 0.1) is 21.7 Å². The van der Waals surface area contributed by atoms with Crippen LogP contribution in [0.1, 0.15) is 196 Å². The first-order valence-electron chi connectivity index (χ1n) is 17.2. The maximum Gasteiger partial charge on any atom is -0.0104 e. The first-order chi connectivity index (χ1) is 18.5. The zero-order chi connectivity index (χ0) is 33.9. The molecular formula is C41H84. The van der Waals surface area contributed by atoms with E-state index in [0.29, 0.717) is 16.2 Å². The molecule has 0 atom stereocenters. The van der Waals surface area contributed by atoms with Gasteiger partial charge < -0.3 is 0 Å². The topological polar surface area (TPSA) is 0 Å². The van der Waals surface area contributed by atoms with Crippen LogP contribution in [0.3, 0.4) is 0 Å². The Labute approximate surface area is 265 Å². The highest BCUT2D eigenvalue weighted by atomic mass is 14.3. The quantitative estimate of drug-likeness (QED) is 0.151. The van der Waals surface area contributed by atoms with Crippen LogP contribution in [0.2, 0.25) is 0 Å². The lowest BCUT2D eigenvalue weighted by atomic mass is 9.76. The molecule has 0 fully saturated rings. The molecule has 0 amide bonds. The van der Waals surface area contributed by atoms with Gasteiger partial charge in [0.1, 0.15) is 0 Å². The van der Waals surface area contributed by atoms with Gasteiger partial charge in [0.25, 0.3) is 0 Å². The fourth-order valence-electron chi connectivity index (χ4n) is 4.12. The maximum atomic E-state index is 4.35. The van der Waals surface area contributed by atoms with Gasteiger partial charge in [0.2, 0.25) is 0 Å². The lowest BCUT2D eigenvalue weighted by Gasteiger charge is -2.29. The Kier molecular flexibility index (Phi) is 33.6. The minimum atomic E-state index is 0.260. The van der Waals surface area contributed by atoms with Crippen LogP contribution in [-0.4, -0.2) is 0 Å². The van der Waals surface area contributed by atoms with E-state index in [9.17, 15) is 0 Å². The van der Waals surface area contributed by atoms with Gasteiger partial charge in [-0.05, 0) is 65.9 Å². The first-order valence-corrected chi connectivity index (χ1v) is 17.2. The van der Waals surface area contributed by atoms with E-state index in [-0.39, 0.29) is 5.41 Å². The molecule has 0 unspecified atom stereocenters. The fraction of sp³-hybridized carbons (Fsp3) is 0.805. The van der Waals surface area contributed by atoms with Gasteiger partial charge >= 0.3 is 0 Å². The van der Waals surface area contributed by atoms with E-state index in [4.69, 9.17) is 0 Å². The lowest BCUT2D eigenvalue weighted by Crippen LogP contribution is -2.16. The molecule has 0 aromatic rings. The van der Waals surface area contributed by atoms with Gasteiger partial charge in [0.15, 0.2) is 0 Å². The van der Waals surface area contributed by atoms with E-state index >= 15 is 0 Å². The fourth-order valence-corrected chi connectivity index (χ4v) is 4.12. The molecule has 0 bridgehead atoms. The molecule has 0 heterocycles. The van der Waals surface area contributed by atoms with Crippen LogP contribution in [0.4, 0.5) is 0 Å². The predicted molar refractivity (Wildman–Crippen MR) is 199 cm³/mol. The molecule has 0 nitrogen and oxygen atoms in total. The number of hydrogen-bond acceptors (Lipinski definition) is 0. The van der Waals surface area contributed by atoms with Crippen molar-refractivity contribution in [2.75, 3.05) is 0 Å². The molecule has 0 aliphatic rings. The normalized spacial score (nSPS) is 12.3. The van der Waals surface area contributed by atoms with Crippen LogP contribution in [-0.2, 0) is 0 Å². The van der Waals surface area contributed by atoms with Gasteiger partial charge in [-0.25, -0.2) is 0 Å². The second-order valence-electron chi connectivity index (χ2n) is 16.0. The second kappa shape index (κ2) is 27.8. The summed E-state index contributed by atoms with van der Waals surface area (Å²) in [5.74, 6) is 0. The van der Waals surface area contributed by atoms with Crippen LogP contribution < -0.4 is 0 Å². The zero-order valence-corrected chi connectivity index (χ0v) is 32.7. The summed E-state index contributed by atoms with van der Waals surface area (Å²) < 4.78 is 0. The third-order valence-electron chi connectivity index (χ3n) is 5.75. The molecule has 0 aliphatic heterocycles. The molecule has 0 N–H and O–H groups in total. The molecule has 0 spiro atoms. The molecule has 0 aliphatic carbocycles. The Morgan fingerprint density at radius 3 is 1.20 bits per heavy atom. The van der Waals surface area contributed by atoms with E-state index in [2.05, 4.69) is 136 Å². The molecule has 0 radical (unpaired) electrons. The largest absolute Gasteiger partial charge is 0.0988 e. The molecule has 0 rings (SSSR count). The summed E-state index contributed by atoms with van der Waals surface area (Å²) in [5.41, 5.74) is 5.73. The van der Waals surface area contributed by atoms with Crippen LogP contribution in [0.5, 0.6) is 0 Å². The van der Waals surface area contributed by atoms with Crippen molar-refractivity contribution in [3.8, 4) is 0 Å². The van der Waals surface area contributed by atoms with Crippen molar-refractivity contribution in [1.29, 1.82) is 0 Å². The first kappa shape index (κ1) is 49.6. The molecule has 0 saturated heterocycles. The van der Waals surface area contributed by atoms with Crippen molar-refractivity contribution in [1.82, 2.24) is 0 Å². The Hall–Kier alpha value is -1.04. The second-order valence-corrected chi connectivity index (χ2v) is 16.0. The van der Waals surface area contributed by atoms with Crippen molar-refractivity contribution in [2.45, 2.75) is 196 Å². The van der Waals surface area contributed by atoms with Crippen LogP contribution >= 0.6 is 0 Å². The zero-order valence-electron chi connectivity index (χ0n) is 32.7. The summed E-state index contributed by atoms with van der Waals surface area (Å²) in [5, 5.41) is 0. The van der Waals surface area contributed by atoms with Crippen molar-refractivity contribution < 1.29 is 0 Å². The average molecular weight is 577 g/mol. The smallest absolute Gasteiger partial charge is 0.0104 e. The van der Waals surface area contributed by atoms with E-state index in [1.807, 2.05) is 26.8 Å². The van der Waals surface area contributed by atoms with Crippen LogP contribution in [0.25, 0.3) is 0 Å². The third kappa shape index (κ3) is 46.1. The highest BCUT2D eigenvalue weighted by Crippen LogP contribution is 2.37. The lowest BCUT2D eigenvalue weighted by molar-refractivity contribution is 0.404. The predicted octanol–water partition coefficient (Wildman–Crippen LogP) is 15.8. The standard InChI is InChI=1S/C20H38.C9H16.2C5H12.C2H6/c1-7-10-11-12-13-14-15-16-18(4)19(9-3)20(5,6)17-8-2;1-6-8(7-2)9(3,4)5;2*1-5(2,3)4;1-2/h9H,4,7-8,10-17H2,1-3,5-6H3;6-7H,1H2,2-5H3;2*1-4H3;1-2H3/b19-9-;8-7-;;;. The molecular weight excluding hydrogens is 492 g/mol. The van der Waals surface area contributed by atoms with Gasteiger partial charge in [-0.15, -0.1) is 0 Å². The Morgan fingerprint density at radius 2 is 0.951 bits per heavy atom. The average Bonchev–Trinajstić information content (AvgIpc) is 2.78. The minimum absolute atomic E-state index is 0.260. The van der Waals surface area contributed by atoms with Crippen molar-refractivity contribution in [3.63, 3.8) is 0 Å². The van der Waals surface area contributed by atoms with Gasteiger partial charge in [0, 0.05) is 0 Å². The molecule has 0 aromatic heterocycles. The summed E-state index contributed by atoms with van der Waals surface area (Å²) in [7, 11) is 0.